The lowest BCUT2D eigenvalue weighted by atomic mass is 10.2. The summed E-state index contributed by atoms with van der Waals surface area (Å²) in [6, 6.07) is 12.4. The molecule has 0 radical (unpaired) electrons. The van der Waals surface area contributed by atoms with E-state index >= 15 is 0 Å². The molecule has 2 heterocycles. The molecule has 8 nitrogen and oxygen atoms in total. The number of aromatic nitrogens is 5. The molecule has 2 aromatic heterocycles. The van der Waals surface area contributed by atoms with Crippen molar-refractivity contribution in [1.29, 1.82) is 0 Å². The van der Waals surface area contributed by atoms with Crippen molar-refractivity contribution in [3.05, 3.63) is 64.3 Å². The average Bonchev–Trinajstić information content (AvgIpc) is 3.36. The van der Waals surface area contributed by atoms with Crippen LogP contribution in [0.25, 0.3) is 17.2 Å². The molecular weight excluding hydrogens is 424 g/mol. The summed E-state index contributed by atoms with van der Waals surface area (Å²) in [6.45, 7) is 3.85. The smallest absolute Gasteiger partial charge is 0.257 e. The maximum atomic E-state index is 12.4. The third-order valence-corrected chi connectivity index (χ3v) is 5.37. The zero-order valence-corrected chi connectivity index (χ0v) is 18.0. The van der Waals surface area contributed by atoms with Crippen LogP contribution in [-0.4, -0.2) is 37.4 Å². The summed E-state index contributed by atoms with van der Waals surface area (Å²) in [6.07, 6.45) is 0. The van der Waals surface area contributed by atoms with E-state index in [4.69, 9.17) is 16.3 Å². The minimum absolute atomic E-state index is 0.282. The second kappa shape index (κ2) is 8.21. The van der Waals surface area contributed by atoms with E-state index in [0.717, 1.165) is 28.5 Å². The average molecular weight is 441 g/mol. The predicted molar refractivity (Wildman–Crippen MR) is 116 cm³/mol. The summed E-state index contributed by atoms with van der Waals surface area (Å²) in [5, 5.41) is 12.2. The maximum absolute atomic E-state index is 12.4. The third-order valence-electron chi connectivity index (χ3n) is 4.50. The number of anilines is 1. The zero-order chi connectivity index (χ0) is 21.3. The van der Waals surface area contributed by atoms with E-state index in [1.54, 1.807) is 36.1 Å². The van der Waals surface area contributed by atoms with Gasteiger partial charge in [0, 0.05) is 22.1 Å². The highest BCUT2D eigenvalue weighted by molar-refractivity contribution is 7.10. The van der Waals surface area contributed by atoms with Crippen molar-refractivity contribution in [3.63, 3.8) is 0 Å². The van der Waals surface area contributed by atoms with Crippen LogP contribution in [0, 0.1) is 13.8 Å². The van der Waals surface area contributed by atoms with E-state index in [1.165, 1.54) is 0 Å². The highest BCUT2D eigenvalue weighted by Gasteiger charge is 2.18. The van der Waals surface area contributed by atoms with E-state index in [0.29, 0.717) is 33.0 Å². The Labute approximate surface area is 181 Å². The first kappa shape index (κ1) is 20.0. The number of aryl methyl sites for hydroxylation is 1. The van der Waals surface area contributed by atoms with Gasteiger partial charge in [-0.3, -0.25) is 10.1 Å². The number of methoxy groups -OCH3 is 1. The summed E-state index contributed by atoms with van der Waals surface area (Å²) < 4.78 is 11.1. The topological polar surface area (TPSA) is 94.8 Å². The molecule has 1 amide bonds. The predicted octanol–water partition coefficient (Wildman–Crippen LogP) is 4.32. The van der Waals surface area contributed by atoms with Gasteiger partial charge in [-0.15, -0.1) is 5.10 Å². The summed E-state index contributed by atoms with van der Waals surface area (Å²) in [4.78, 5) is 16.8. The molecule has 4 aromatic rings. The van der Waals surface area contributed by atoms with Crippen LogP contribution in [-0.2, 0) is 0 Å². The van der Waals surface area contributed by atoms with Gasteiger partial charge >= 0.3 is 0 Å². The largest absolute Gasteiger partial charge is 0.497 e. The number of hydrogen-bond donors (Lipinski definition) is 1. The Hall–Kier alpha value is -3.30. The number of amides is 1. The standard InChI is InChI=1S/C20H17ClN6O2S/c1-11-4-7-14(21)10-16(11)27-12(2)17(24-26-27)18-22-20(30-25-18)23-19(28)13-5-8-15(29-3)9-6-13/h4-10H,1-3H3,(H,22,23,25,28). The molecule has 0 aliphatic heterocycles. The molecule has 1 N–H and O–H groups in total. The van der Waals surface area contributed by atoms with Gasteiger partial charge < -0.3 is 4.74 Å². The number of halogens is 1. The van der Waals surface area contributed by atoms with Crippen LogP contribution in [0.4, 0.5) is 5.13 Å². The molecule has 0 aliphatic carbocycles. The molecule has 0 saturated carbocycles. The Bertz CT molecular complexity index is 1220. The molecule has 0 aliphatic rings. The summed E-state index contributed by atoms with van der Waals surface area (Å²) >= 11 is 7.21. The Morgan fingerprint density at radius 2 is 1.93 bits per heavy atom. The number of ether oxygens (including phenoxy) is 1. The van der Waals surface area contributed by atoms with Gasteiger partial charge in [0.15, 0.2) is 11.5 Å². The molecule has 0 atom stereocenters. The van der Waals surface area contributed by atoms with E-state index in [9.17, 15) is 4.79 Å². The van der Waals surface area contributed by atoms with Crippen molar-refractivity contribution in [2.75, 3.05) is 12.4 Å². The van der Waals surface area contributed by atoms with Crippen LogP contribution >= 0.6 is 23.1 Å². The van der Waals surface area contributed by atoms with Crippen molar-refractivity contribution in [2.24, 2.45) is 0 Å². The number of nitrogens with one attached hydrogen (secondary N) is 1. The Kier molecular flexibility index (Phi) is 5.47. The van der Waals surface area contributed by atoms with Crippen LogP contribution in [0.3, 0.4) is 0 Å². The van der Waals surface area contributed by atoms with Crippen LogP contribution in [0.15, 0.2) is 42.5 Å². The fraction of sp³-hybridized carbons (Fsp3) is 0.150. The first-order chi connectivity index (χ1) is 14.5. The second-order valence-electron chi connectivity index (χ2n) is 6.47. The van der Waals surface area contributed by atoms with Gasteiger partial charge in [0.2, 0.25) is 5.13 Å². The van der Waals surface area contributed by atoms with Gasteiger partial charge in [-0.25, -0.2) is 4.68 Å². The summed E-state index contributed by atoms with van der Waals surface area (Å²) in [7, 11) is 1.57. The maximum Gasteiger partial charge on any atom is 0.257 e. The number of carbonyl (C=O) groups is 1. The highest BCUT2D eigenvalue weighted by Crippen LogP contribution is 2.26. The molecule has 0 spiro atoms. The Morgan fingerprint density at radius 1 is 1.17 bits per heavy atom. The van der Waals surface area contributed by atoms with Crippen LogP contribution < -0.4 is 10.1 Å². The monoisotopic (exact) mass is 440 g/mol. The van der Waals surface area contributed by atoms with Crippen LogP contribution in [0.1, 0.15) is 21.6 Å². The van der Waals surface area contributed by atoms with Gasteiger partial charge in [-0.05, 0) is 55.8 Å². The lowest BCUT2D eigenvalue weighted by Crippen LogP contribution is -2.11. The zero-order valence-electron chi connectivity index (χ0n) is 16.4. The molecule has 0 unspecified atom stereocenters. The first-order valence-corrected chi connectivity index (χ1v) is 10.1. The van der Waals surface area contributed by atoms with Gasteiger partial charge in [0.1, 0.15) is 5.75 Å². The quantitative estimate of drug-likeness (QED) is 0.496. The van der Waals surface area contributed by atoms with Crippen LogP contribution in [0.2, 0.25) is 5.02 Å². The number of nitrogens with zero attached hydrogens (tertiary/aromatic N) is 5. The minimum atomic E-state index is -0.282. The number of rotatable bonds is 5. The van der Waals surface area contributed by atoms with E-state index in [2.05, 4.69) is 25.0 Å². The Balaban J connectivity index is 1.56. The van der Waals surface area contributed by atoms with Crippen LogP contribution in [0.5, 0.6) is 5.75 Å². The molecule has 0 bridgehead atoms. The lowest BCUT2D eigenvalue weighted by molar-refractivity contribution is 0.102. The van der Waals surface area contributed by atoms with Crippen molar-refractivity contribution in [1.82, 2.24) is 24.4 Å². The number of hydrogen-bond acceptors (Lipinski definition) is 7. The molecule has 30 heavy (non-hydrogen) atoms. The van der Waals surface area contributed by atoms with Gasteiger partial charge in [0.25, 0.3) is 5.91 Å². The molecule has 4 rings (SSSR count). The Morgan fingerprint density at radius 3 is 2.67 bits per heavy atom. The van der Waals surface area contributed by atoms with Gasteiger partial charge in [-0.1, -0.05) is 22.9 Å². The molecule has 2 aromatic carbocycles. The van der Waals surface area contributed by atoms with Crippen molar-refractivity contribution < 1.29 is 9.53 Å². The minimum Gasteiger partial charge on any atom is -0.497 e. The van der Waals surface area contributed by atoms with Crippen molar-refractivity contribution >= 4 is 34.2 Å². The van der Waals surface area contributed by atoms with E-state index < -0.39 is 0 Å². The molecule has 10 heteroatoms. The molecular formula is C20H17ClN6O2S. The summed E-state index contributed by atoms with van der Waals surface area (Å²) in [5.41, 5.74) is 3.65. The van der Waals surface area contributed by atoms with Gasteiger partial charge in [-0.2, -0.15) is 9.36 Å². The van der Waals surface area contributed by atoms with Gasteiger partial charge in [0.05, 0.1) is 18.5 Å². The third kappa shape index (κ3) is 3.89. The highest BCUT2D eigenvalue weighted by atomic mass is 35.5. The van der Waals surface area contributed by atoms with E-state index in [1.807, 2.05) is 32.0 Å². The molecule has 0 fully saturated rings. The van der Waals surface area contributed by atoms with E-state index in [-0.39, 0.29) is 5.91 Å². The SMILES string of the molecule is COc1ccc(C(=O)Nc2nc(-c3nnn(-c4cc(Cl)ccc4C)c3C)ns2)cc1. The number of benzene rings is 2. The lowest BCUT2D eigenvalue weighted by Gasteiger charge is -2.07. The first-order valence-electron chi connectivity index (χ1n) is 8.94. The normalized spacial score (nSPS) is 10.8. The summed E-state index contributed by atoms with van der Waals surface area (Å²) in [5.74, 6) is 0.794. The fourth-order valence-electron chi connectivity index (χ4n) is 2.86. The van der Waals surface area contributed by atoms with Crippen molar-refractivity contribution in [3.8, 4) is 23.0 Å². The second-order valence-corrected chi connectivity index (χ2v) is 7.66. The fourth-order valence-corrected chi connectivity index (χ4v) is 3.59. The number of carbonyl (C=O) groups excluding carboxylic acids is 1. The molecule has 0 saturated heterocycles. The molecule has 152 valence electrons. The van der Waals surface area contributed by atoms with Crippen molar-refractivity contribution in [2.45, 2.75) is 13.8 Å².